The molecule has 0 aliphatic heterocycles. The monoisotopic (exact) mass is 662 g/mol. The van der Waals surface area contributed by atoms with Crippen molar-refractivity contribution in [2.75, 3.05) is 14.2 Å². The van der Waals surface area contributed by atoms with Crippen molar-refractivity contribution in [3.63, 3.8) is 0 Å². The van der Waals surface area contributed by atoms with Crippen molar-refractivity contribution < 1.29 is 54.9 Å². The molecule has 2 aromatic carbocycles. The Labute approximate surface area is 265 Å². The fourth-order valence-electron chi connectivity index (χ4n) is 4.84. The van der Waals surface area contributed by atoms with E-state index in [9.17, 15) is 35.9 Å². The second kappa shape index (κ2) is 15.0. The predicted octanol–water partition coefficient (Wildman–Crippen LogP) is 7.28. The number of pyridine rings is 2. The highest BCUT2D eigenvalue weighted by Crippen LogP contribution is 2.36. The van der Waals surface area contributed by atoms with Crippen LogP contribution in [0.3, 0.4) is 0 Å². The number of nitrogens with zero attached hydrogens (tertiary/aromatic N) is 2. The third-order valence-electron chi connectivity index (χ3n) is 7.08. The molecule has 0 saturated heterocycles. The van der Waals surface area contributed by atoms with Crippen LogP contribution in [-0.2, 0) is 44.6 Å². The molecule has 8 nitrogen and oxygen atoms in total. The lowest BCUT2D eigenvalue weighted by atomic mass is 9.82. The van der Waals surface area contributed by atoms with Gasteiger partial charge in [-0.1, -0.05) is 60.7 Å². The van der Waals surface area contributed by atoms with E-state index in [0.717, 1.165) is 38.5 Å². The highest BCUT2D eigenvalue weighted by molar-refractivity contribution is 5.83. The summed E-state index contributed by atoms with van der Waals surface area (Å²) in [6, 6.07) is 19.4. The summed E-state index contributed by atoms with van der Waals surface area (Å²) < 4.78 is 100. The minimum absolute atomic E-state index is 0.184. The third kappa shape index (κ3) is 8.99. The van der Waals surface area contributed by atoms with Crippen LogP contribution in [0.25, 0.3) is 0 Å². The van der Waals surface area contributed by atoms with Crippen LogP contribution in [-0.4, -0.2) is 36.1 Å². The molecule has 248 valence electrons. The van der Waals surface area contributed by atoms with Gasteiger partial charge in [-0.15, -0.1) is 0 Å². The molecule has 0 saturated carbocycles. The molecule has 47 heavy (non-hydrogen) atoms. The fourth-order valence-corrected chi connectivity index (χ4v) is 4.84. The van der Waals surface area contributed by atoms with E-state index in [1.54, 1.807) is 48.5 Å². The van der Waals surface area contributed by atoms with Gasteiger partial charge < -0.3 is 18.9 Å². The maximum Gasteiger partial charge on any atom is 0.433 e. The highest BCUT2D eigenvalue weighted by Gasteiger charge is 2.35. The van der Waals surface area contributed by atoms with Crippen molar-refractivity contribution in [3.05, 3.63) is 119 Å². The van der Waals surface area contributed by atoms with Gasteiger partial charge in [-0.3, -0.25) is 9.59 Å². The smallest absolute Gasteiger partial charge is 0.433 e. The molecule has 0 N–H and O–H groups in total. The number of halogens is 6. The van der Waals surface area contributed by atoms with Gasteiger partial charge in [0, 0.05) is 12.1 Å². The molecular formula is C33H28F6N2O6. The van der Waals surface area contributed by atoms with E-state index in [1.807, 2.05) is 0 Å². The Kier molecular flexibility index (Phi) is 11.1. The Morgan fingerprint density at radius 2 is 0.979 bits per heavy atom. The molecule has 2 unspecified atom stereocenters. The summed E-state index contributed by atoms with van der Waals surface area (Å²) in [5.74, 6) is -4.19. The zero-order valence-corrected chi connectivity index (χ0v) is 25.0. The second-order valence-electron chi connectivity index (χ2n) is 10.1. The van der Waals surface area contributed by atoms with Crippen LogP contribution < -0.4 is 9.47 Å². The third-order valence-corrected chi connectivity index (χ3v) is 7.08. The van der Waals surface area contributed by atoms with Crippen molar-refractivity contribution >= 4 is 11.9 Å². The Bertz CT molecular complexity index is 1570. The molecule has 0 radical (unpaired) electrons. The number of esters is 2. The number of rotatable bonds is 12. The van der Waals surface area contributed by atoms with E-state index in [0.29, 0.717) is 22.3 Å². The molecular weight excluding hydrogens is 634 g/mol. The molecule has 0 spiro atoms. The molecule has 2 heterocycles. The second-order valence-corrected chi connectivity index (χ2v) is 10.1. The maximum absolute atomic E-state index is 13.2. The van der Waals surface area contributed by atoms with E-state index in [-0.39, 0.29) is 31.4 Å². The quantitative estimate of drug-likeness (QED) is 0.115. The van der Waals surface area contributed by atoms with Crippen molar-refractivity contribution in [1.29, 1.82) is 0 Å². The Hall–Kier alpha value is -5.14. The van der Waals surface area contributed by atoms with Crippen LogP contribution >= 0.6 is 0 Å². The van der Waals surface area contributed by atoms with E-state index < -0.39 is 47.5 Å². The Morgan fingerprint density at radius 1 is 0.596 bits per heavy atom. The zero-order chi connectivity index (χ0) is 34.2. The molecule has 14 heteroatoms. The number of methoxy groups -OCH3 is 2. The van der Waals surface area contributed by atoms with E-state index in [4.69, 9.17) is 18.9 Å². The van der Waals surface area contributed by atoms with Crippen molar-refractivity contribution in [2.45, 2.75) is 43.8 Å². The minimum atomic E-state index is -4.68. The van der Waals surface area contributed by atoms with Crippen molar-refractivity contribution in [2.24, 2.45) is 0 Å². The van der Waals surface area contributed by atoms with Gasteiger partial charge in [0.25, 0.3) is 0 Å². The van der Waals surface area contributed by atoms with Gasteiger partial charge in [0.1, 0.15) is 24.6 Å². The standard InChI is InChI=1S/C33H28F6N2O6/c1-44-30(42)24(22-11-5-3-9-20(22)18-46-28-15-7-13-26(40-28)32(34,35)36)17-25(31(43)45-2)23-12-6-4-10-21(23)19-47-29-16-8-14-27(41-29)33(37,38)39/h3-16,24-25H,17-19H2,1-2H3. The first-order valence-corrected chi connectivity index (χ1v) is 14.0. The molecule has 4 rings (SSSR count). The maximum atomic E-state index is 13.2. The number of hydrogen-bond donors (Lipinski definition) is 0. The van der Waals surface area contributed by atoms with Crippen LogP contribution in [0.2, 0.25) is 0 Å². The number of carbonyl (C=O) groups excluding carboxylic acids is 2. The van der Waals surface area contributed by atoms with Gasteiger partial charge in [0.2, 0.25) is 11.8 Å². The molecule has 0 amide bonds. The summed E-state index contributed by atoms with van der Waals surface area (Å²) in [6.45, 7) is -0.537. The van der Waals surface area contributed by atoms with Gasteiger partial charge in [-0.05, 0) is 40.8 Å². The SMILES string of the molecule is COC(=O)C(CC(C(=O)OC)c1ccccc1COc1cccc(C(F)(F)F)n1)c1ccccc1COc1cccc(C(F)(F)F)n1. The van der Waals surface area contributed by atoms with Crippen LogP contribution in [0.15, 0.2) is 84.9 Å². The molecule has 2 atom stereocenters. The average molecular weight is 663 g/mol. The lowest BCUT2D eigenvalue weighted by Crippen LogP contribution is -2.24. The van der Waals surface area contributed by atoms with E-state index in [1.165, 1.54) is 12.1 Å². The number of alkyl halides is 6. The minimum Gasteiger partial charge on any atom is -0.473 e. The number of benzene rings is 2. The van der Waals surface area contributed by atoms with Gasteiger partial charge in [0.15, 0.2) is 0 Å². The molecule has 0 aliphatic carbocycles. The summed E-state index contributed by atoms with van der Waals surface area (Å²) in [4.78, 5) is 33.4. The first kappa shape index (κ1) is 34.7. The van der Waals surface area contributed by atoms with E-state index in [2.05, 4.69) is 9.97 Å². The lowest BCUT2D eigenvalue weighted by Gasteiger charge is -2.24. The summed E-state index contributed by atoms with van der Waals surface area (Å²) in [5, 5.41) is 0. The summed E-state index contributed by atoms with van der Waals surface area (Å²) in [6.07, 6.45) is -9.54. The molecule has 2 aromatic heterocycles. The Balaban J connectivity index is 1.63. The predicted molar refractivity (Wildman–Crippen MR) is 154 cm³/mol. The van der Waals surface area contributed by atoms with Crippen molar-refractivity contribution in [3.8, 4) is 11.8 Å². The molecule has 4 aromatic rings. The summed E-state index contributed by atoms with van der Waals surface area (Å²) >= 11 is 0. The number of hydrogen-bond acceptors (Lipinski definition) is 8. The molecule has 0 bridgehead atoms. The van der Waals surface area contributed by atoms with E-state index >= 15 is 0 Å². The van der Waals surface area contributed by atoms with Crippen LogP contribution in [0.4, 0.5) is 26.3 Å². The summed E-state index contributed by atoms with van der Waals surface area (Å²) in [5.41, 5.74) is -0.688. The topological polar surface area (TPSA) is 96.8 Å². The average Bonchev–Trinajstić information content (AvgIpc) is 3.06. The highest BCUT2D eigenvalue weighted by atomic mass is 19.4. The van der Waals surface area contributed by atoms with Crippen LogP contribution in [0.5, 0.6) is 11.8 Å². The van der Waals surface area contributed by atoms with Crippen molar-refractivity contribution in [1.82, 2.24) is 9.97 Å². The first-order valence-electron chi connectivity index (χ1n) is 14.0. The lowest BCUT2D eigenvalue weighted by molar-refractivity contribution is -0.145. The van der Waals surface area contributed by atoms with Gasteiger partial charge in [-0.25, -0.2) is 9.97 Å². The number of ether oxygens (including phenoxy) is 4. The largest absolute Gasteiger partial charge is 0.473 e. The van der Waals surface area contributed by atoms with Crippen LogP contribution in [0.1, 0.15) is 51.9 Å². The number of aromatic nitrogens is 2. The zero-order valence-electron chi connectivity index (χ0n) is 25.0. The normalized spacial score (nSPS) is 12.9. The summed E-state index contributed by atoms with van der Waals surface area (Å²) in [7, 11) is 2.33. The molecule has 0 fully saturated rings. The van der Waals surface area contributed by atoms with Gasteiger partial charge >= 0.3 is 24.3 Å². The fraction of sp³-hybridized carbons (Fsp3) is 0.273. The first-order chi connectivity index (χ1) is 22.3. The number of carbonyl (C=O) groups is 2. The van der Waals surface area contributed by atoms with Crippen LogP contribution in [0, 0.1) is 0 Å². The van der Waals surface area contributed by atoms with Gasteiger partial charge in [-0.2, -0.15) is 26.3 Å². The van der Waals surface area contributed by atoms with Gasteiger partial charge in [0.05, 0.1) is 26.1 Å². The molecule has 0 aliphatic rings. The Morgan fingerprint density at radius 3 is 1.34 bits per heavy atom.